The maximum absolute atomic E-state index is 9.24. The standard InChI is InChI=1S/C15H19N3/c16-10-13-7-8-17-11-15(13)18-9-3-5-12-4-1-2-6-14(12)18/h7-8,11-12,14H,1-6,9H2/t12-,14-/m1/s1. The first-order valence-corrected chi connectivity index (χ1v) is 7.01. The third-order valence-corrected chi connectivity index (χ3v) is 4.47. The third kappa shape index (κ3) is 1.96. The zero-order valence-electron chi connectivity index (χ0n) is 10.7. The van der Waals surface area contributed by atoms with Gasteiger partial charge < -0.3 is 4.90 Å². The van der Waals surface area contributed by atoms with E-state index in [0.29, 0.717) is 6.04 Å². The molecule has 0 N–H and O–H groups in total. The Hall–Kier alpha value is -1.56. The minimum absolute atomic E-state index is 0.642. The number of anilines is 1. The molecule has 1 saturated heterocycles. The summed E-state index contributed by atoms with van der Waals surface area (Å²) in [5, 5.41) is 9.24. The van der Waals surface area contributed by atoms with E-state index >= 15 is 0 Å². The van der Waals surface area contributed by atoms with Crippen molar-refractivity contribution in [1.29, 1.82) is 5.26 Å². The molecule has 1 aliphatic carbocycles. The van der Waals surface area contributed by atoms with Crippen LogP contribution in [0.5, 0.6) is 0 Å². The molecule has 94 valence electrons. The number of rotatable bonds is 1. The molecule has 1 saturated carbocycles. The number of hydrogen-bond donors (Lipinski definition) is 0. The fraction of sp³-hybridized carbons (Fsp3) is 0.600. The lowest BCUT2D eigenvalue weighted by molar-refractivity contribution is 0.243. The summed E-state index contributed by atoms with van der Waals surface area (Å²) >= 11 is 0. The average Bonchev–Trinajstić information content (AvgIpc) is 2.46. The van der Waals surface area contributed by atoms with Crippen LogP contribution >= 0.6 is 0 Å². The first-order valence-electron chi connectivity index (χ1n) is 7.01. The van der Waals surface area contributed by atoms with Crippen molar-refractivity contribution in [3.8, 4) is 6.07 Å². The van der Waals surface area contributed by atoms with Gasteiger partial charge in [-0.15, -0.1) is 0 Å². The first kappa shape index (κ1) is 11.5. The van der Waals surface area contributed by atoms with Gasteiger partial charge >= 0.3 is 0 Å². The molecule has 0 radical (unpaired) electrons. The molecule has 2 aliphatic rings. The number of hydrogen-bond acceptors (Lipinski definition) is 3. The van der Waals surface area contributed by atoms with E-state index in [0.717, 1.165) is 23.7 Å². The van der Waals surface area contributed by atoms with Crippen LogP contribution in [0, 0.1) is 17.2 Å². The topological polar surface area (TPSA) is 39.9 Å². The molecular weight excluding hydrogens is 222 g/mol. The maximum atomic E-state index is 9.24. The van der Waals surface area contributed by atoms with Gasteiger partial charge in [-0.1, -0.05) is 12.8 Å². The molecule has 18 heavy (non-hydrogen) atoms. The van der Waals surface area contributed by atoms with E-state index in [-0.39, 0.29) is 0 Å². The average molecular weight is 241 g/mol. The Morgan fingerprint density at radius 2 is 2.06 bits per heavy atom. The highest BCUT2D eigenvalue weighted by Gasteiger charge is 2.34. The van der Waals surface area contributed by atoms with Gasteiger partial charge in [-0.2, -0.15) is 5.26 Å². The Morgan fingerprint density at radius 1 is 1.22 bits per heavy atom. The second-order valence-corrected chi connectivity index (χ2v) is 5.45. The highest BCUT2D eigenvalue weighted by Crippen LogP contribution is 2.38. The molecule has 3 nitrogen and oxygen atoms in total. The normalized spacial score (nSPS) is 27.4. The predicted octanol–water partition coefficient (Wildman–Crippen LogP) is 3.11. The Balaban J connectivity index is 1.92. The zero-order chi connectivity index (χ0) is 12.4. The maximum Gasteiger partial charge on any atom is 0.101 e. The molecule has 3 heteroatoms. The summed E-state index contributed by atoms with van der Waals surface area (Å²) in [6, 6.07) is 4.78. The van der Waals surface area contributed by atoms with Crippen molar-refractivity contribution < 1.29 is 0 Å². The molecule has 1 aromatic rings. The number of fused-ring (bicyclic) bond motifs is 1. The van der Waals surface area contributed by atoms with E-state index in [1.165, 1.54) is 38.5 Å². The summed E-state index contributed by atoms with van der Waals surface area (Å²) < 4.78 is 0. The fourth-order valence-electron chi connectivity index (χ4n) is 3.63. The summed E-state index contributed by atoms with van der Waals surface area (Å²) in [7, 11) is 0. The van der Waals surface area contributed by atoms with Gasteiger partial charge in [0.15, 0.2) is 0 Å². The van der Waals surface area contributed by atoms with Crippen molar-refractivity contribution in [2.24, 2.45) is 5.92 Å². The van der Waals surface area contributed by atoms with Crippen molar-refractivity contribution in [3.63, 3.8) is 0 Å². The zero-order valence-corrected chi connectivity index (χ0v) is 10.7. The molecule has 1 aromatic heterocycles. The quantitative estimate of drug-likeness (QED) is 0.758. The second-order valence-electron chi connectivity index (χ2n) is 5.45. The van der Waals surface area contributed by atoms with Gasteiger partial charge in [-0.05, 0) is 37.7 Å². The lowest BCUT2D eigenvalue weighted by atomic mass is 9.78. The number of nitriles is 1. The van der Waals surface area contributed by atoms with Crippen LogP contribution in [0.2, 0.25) is 0 Å². The monoisotopic (exact) mass is 241 g/mol. The van der Waals surface area contributed by atoms with Crippen LogP contribution in [-0.4, -0.2) is 17.6 Å². The van der Waals surface area contributed by atoms with Crippen LogP contribution in [-0.2, 0) is 0 Å². The van der Waals surface area contributed by atoms with Gasteiger partial charge in [0.1, 0.15) is 6.07 Å². The molecule has 3 rings (SSSR count). The van der Waals surface area contributed by atoms with Gasteiger partial charge in [0.05, 0.1) is 17.4 Å². The van der Waals surface area contributed by atoms with Crippen molar-refractivity contribution in [2.45, 2.75) is 44.6 Å². The van der Waals surface area contributed by atoms with E-state index in [4.69, 9.17) is 0 Å². The minimum atomic E-state index is 0.642. The molecule has 0 bridgehead atoms. The van der Waals surface area contributed by atoms with Crippen LogP contribution < -0.4 is 4.90 Å². The minimum Gasteiger partial charge on any atom is -0.366 e. The lowest BCUT2D eigenvalue weighted by Crippen LogP contribution is -2.47. The van der Waals surface area contributed by atoms with Crippen molar-refractivity contribution >= 4 is 5.69 Å². The Kier molecular flexibility index (Phi) is 3.19. The smallest absolute Gasteiger partial charge is 0.101 e. The fourth-order valence-corrected chi connectivity index (χ4v) is 3.63. The molecule has 0 unspecified atom stereocenters. The van der Waals surface area contributed by atoms with Crippen molar-refractivity contribution in [1.82, 2.24) is 4.98 Å². The van der Waals surface area contributed by atoms with Crippen molar-refractivity contribution in [2.75, 3.05) is 11.4 Å². The second kappa shape index (κ2) is 4.97. The Bertz CT molecular complexity index is 461. The number of nitrogens with zero attached hydrogens (tertiary/aromatic N) is 3. The van der Waals surface area contributed by atoms with Crippen LogP contribution in [0.3, 0.4) is 0 Å². The van der Waals surface area contributed by atoms with Crippen LogP contribution in [0.1, 0.15) is 44.1 Å². The van der Waals surface area contributed by atoms with Gasteiger partial charge in [0.2, 0.25) is 0 Å². The van der Waals surface area contributed by atoms with Gasteiger partial charge in [-0.25, -0.2) is 0 Å². The van der Waals surface area contributed by atoms with Crippen LogP contribution in [0.4, 0.5) is 5.69 Å². The predicted molar refractivity (Wildman–Crippen MR) is 71.3 cm³/mol. The highest BCUT2D eigenvalue weighted by atomic mass is 15.2. The van der Waals surface area contributed by atoms with E-state index in [1.54, 1.807) is 6.20 Å². The Morgan fingerprint density at radius 3 is 2.94 bits per heavy atom. The third-order valence-electron chi connectivity index (χ3n) is 4.47. The van der Waals surface area contributed by atoms with Crippen LogP contribution in [0.25, 0.3) is 0 Å². The largest absolute Gasteiger partial charge is 0.366 e. The van der Waals surface area contributed by atoms with E-state index in [9.17, 15) is 5.26 Å². The summed E-state index contributed by atoms with van der Waals surface area (Å²) in [5.41, 5.74) is 1.83. The van der Waals surface area contributed by atoms with Gasteiger partial charge in [0, 0.05) is 18.8 Å². The van der Waals surface area contributed by atoms with Gasteiger partial charge in [-0.3, -0.25) is 4.98 Å². The van der Waals surface area contributed by atoms with Gasteiger partial charge in [0.25, 0.3) is 0 Å². The molecule has 0 amide bonds. The summed E-state index contributed by atoms with van der Waals surface area (Å²) in [6.07, 6.45) is 11.6. The van der Waals surface area contributed by atoms with Crippen LogP contribution in [0.15, 0.2) is 18.5 Å². The summed E-state index contributed by atoms with van der Waals surface area (Å²) in [4.78, 5) is 6.67. The molecule has 1 aliphatic heterocycles. The molecule has 2 heterocycles. The molecule has 0 spiro atoms. The van der Waals surface area contributed by atoms with Crippen molar-refractivity contribution in [3.05, 3.63) is 24.0 Å². The number of aromatic nitrogens is 1. The van der Waals surface area contributed by atoms with E-state index in [1.807, 2.05) is 12.3 Å². The SMILES string of the molecule is N#Cc1ccncc1N1CCC[C@H]2CCCC[C@H]21. The Labute approximate surface area is 108 Å². The first-order chi connectivity index (χ1) is 8.90. The number of piperidine rings is 1. The lowest BCUT2D eigenvalue weighted by Gasteiger charge is -2.45. The summed E-state index contributed by atoms with van der Waals surface area (Å²) in [6.45, 7) is 1.08. The number of pyridine rings is 1. The molecule has 2 atom stereocenters. The summed E-state index contributed by atoms with van der Waals surface area (Å²) in [5.74, 6) is 0.833. The highest BCUT2D eigenvalue weighted by molar-refractivity contribution is 5.58. The molecular formula is C15H19N3. The molecule has 2 fully saturated rings. The van der Waals surface area contributed by atoms with E-state index < -0.39 is 0 Å². The molecule has 0 aromatic carbocycles. The van der Waals surface area contributed by atoms with E-state index in [2.05, 4.69) is 16.0 Å².